The third-order valence-corrected chi connectivity index (χ3v) is 1.88. The van der Waals surface area contributed by atoms with E-state index >= 15 is 0 Å². The van der Waals surface area contributed by atoms with Crippen LogP contribution < -0.4 is 11.5 Å². The lowest BCUT2D eigenvalue weighted by molar-refractivity contribution is 0.820. The number of nitrogens with one attached hydrogen (secondary N) is 1. The predicted molar refractivity (Wildman–Crippen MR) is 53.2 cm³/mol. The summed E-state index contributed by atoms with van der Waals surface area (Å²) < 4.78 is 0. The van der Waals surface area contributed by atoms with Crippen LogP contribution in [-0.4, -0.2) is 19.9 Å². The third-order valence-electron chi connectivity index (χ3n) is 1.88. The van der Waals surface area contributed by atoms with Crippen molar-refractivity contribution in [1.82, 2.24) is 19.9 Å². The lowest BCUT2D eigenvalue weighted by Crippen LogP contribution is -2.12. The number of hydrogen-bond acceptors (Lipinski definition) is 5. The Kier molecular flexibility index (Phi) is 1.90. The Balaban J connectivity index is 2.63. The minimum Gasteiger partial charge on any atom is -0.382 e. The molecule has 0 bridgehead atoms. The molecule has 72 valence electrons. The maximum Gasteiger partial charge on any atom is 0.163 e. The summed E-state index contributed by atoms with van der Waals surface area (Å²) in [5, 5.41) is 0. The smallest absolute Gasteiger partial charge is 0.163 e. The summed E-state index contributed by atoms with van der Waals surface area (Å²) in [6.07, 6.45) is 3.07. The van der Waals surface area contributed by atoms with Crippen molar-refractivity contribution in [1.29, 1.82) is 0 Å². The van der Waals surface area contributed by atoms with Crippen molar-refractivity contribution in [2.75, 3.05) is 5.73 Å². The molecule has 2 aromatic rings. The molecule has 2 aromatic heterocycles. The number of nitrogen functional groups attached to an aromatic ring is 1. The number of nitrogens with two attached hydrogens (primary N) is 2. The molecule has 6 nitrogen and oxygen atoms in total. The first kappa shape index (κ1) is 8.64. The number of rotatable bonds is 2. The zero-order valence-corrected chi connectivity index (χ0v) is 7.44. The number of fused-ring (bicyclic) bond motifs is 1. The molecule has 14 heavy (non-hydrogen) atoms. The molecule has 5 N–H and O–H groups in total. The van der Waals surface area contributed by atoms with Crippen LogP contribution in [0, 0.1) is 0 Å². The first-order valence-electron chi connectivity index (χ1n) is 4.07. The van der Waals surface area contributed by atoms with E-state index in [2.05, 4.69) is 26.5 Å². The molecular formula is C8H10N6. The van der Waals surface area contributed by atoms with Gasteiger partial charge in [-0.1, -0.05) is 6.08 Å². The molecule has 2 rings (SSSR count). The highest BCUT2D eigenvalue weighted by atomic mass is 15.1. The number of hydrogen-bond donors (Lipinski definition) is 3. The highest BCUT2D eigenvalue weighted by Gasteiger charge is 2.10. The van der Waals surface area contributed by atoms with Gasteiger partial charge in [-0.15, -0.1) is 6.58 Å². The number of H-pyrrole nitrogens is 1. The summed E-state index contributed by atoms with van der Waals surface area (Å²) >= 11 is 0. The first-order chi connectivity index (χ1) is 6.72. The second-order valence-corrected chi connectivity index (χ2v) is 2.83. The van der Waals surface area contributed by atoms with Gasteiger partial charge < -0.3 is 16.5 Å². The predicted octanol–water partition coefficient (Wildman–Crippen LogP) is 0.121. The summed E-state index contributed by atoms with van der Waals surface area (Å²) in [7, 11) is 0. The topological polar surface area (TPSA) is 106 Å². The summed E-state index contributed by atoms with van der Waals surface area (Å²) in [6.45, 7) is 3.56. The lowest BCUT2D eigenvalue weighted by Gasteiger charge is -2.04. The van der Waals surface area contributed by atoms with Gasteiger partial charge in [-0.25, -0.2) is 15.0 Å². The van der Waals surface area contributed by atoms with Crippen LogP contribution in [0.4, 0.5) is 5.82 Å². The van der Waals surface area contributed by atoms with Gasteiger partial charge in [0.15, 0.2) is 17.3 Å². The Labute approximate surface area is 80.1 Å². The monoisotopic (exact) mass is 190 g/mol. The average Bonchev–Trinajstić information content (AvgIpc) is 2.64. The van der Waals surface area contributed by atoms with Gasteiger partial charge in [-0.2, -0.15) is 0 Å². The largest absolute Gasteiger partial charge is 0.382 e. The fourth-order valence-corrected chi connectivity index (χ4v) is 1.13. The van der Waals surface area contributed by atoms with Crippen LogP contribution in [0.25, 0.3) is 11.2 Å². The molecule has 0 saturated carbocycles. The molecule has 1 atom stereocenters. The maximum atomic E-state index is 5.69. The minimum absolute atomic E-state index is 0.323. The standard InChI is InChI=1S/C8H10N6/c1-2-4(9)7-13-6(10)5-8(14-7)12-3-11-5/h2-4H,1,9H2,(H3,10,11,12,13,14). The summed E-state index contributed by atoms with van der Waals surface area (Å²) in [6, 6.07) is -0.412. The van der Waals surface area contributed by atoms with Crippen LogP contribution in [0.5, 0.6) is 0 Å². The second-order valence-electron chi connectivity index (χ2n) is 2.83. The quantitative estimate of drug-likeness (QED) is 0.583. The van der Waals surface area contributed by atoms with Crippen LogP contribution in [-0.2, 0) is 0 Å². The van der Waals surface area contributed by atoms with Crippen LogP contribution in [0.1, 0.15) is 11.9 Å². The van der Waals surface area contributed by atoms with Crippen LogP contribution in [0.3, 0.4) is 0 Å². The fourth-order valence-electron chi connectivity index (χ4n) is 1.13. The first-order valence-corrected chi connectivity index (χ1v) is 4.07. The van der Waals surface area contributed by atoms with Gasteiger partial charge in [0.2, 0.25) is 0 Å². The molecule has 1 unspecified atom stereocenters. The van der Waals surface area contributed by atoms with Crippen LogP contribution in [0.2, 0.25) is 0 Å². The molecule has 0 fully saturated rings. The van der Waals surface area contributed by atoms with Crippen molar-refractivity contribution in [2.24, 2.45) is 5.73 Å². The summed E-state index contributed by atoms with van der Waals surface area (Å²) in [5.41, 5.74) is 12.5. The van der Waals surface area contributed by atoms with Crippen molar-refractivity contribution in [2.45, 2.75) is 6.04 Å². The van der Waals surface area contributed by atoms with Gasteiger partial charge in [-0.3, -0.25) is 0 Å². The highest BCUT2D eigenvalue weighted by Crippen LogP contribution is 2.15. The molecule has 0 aliphatic rings. The van der Waals surface area contributed by atoms with Crippen molar-refractivity contribution >= 4 is 17.0 Å². The molecule has 0 amide bonds. The molecule has 0 aliphatic carbocycles. The van der Waals surface area contributed by atoms with Crippen LogP contribution >= 0.6 is 0 Å². The molecule has 2 heterocycles. The van der Waals surface area contributed by atoms with Crippen molar-refractivity contribution in [3.05, 3.63) is 24.8 Å². The fraction of sp³-hybridized carbons (Fsp3) is 0.125. The van der Waals surface area contributed by atoms with E-state index in [0.717, 1.165) is 0 Å². The van der Waals surface area contributed by atoms with E-state index in [1.807, 2.05) is 0 Å². The number of anilines is 1. The number of aromatic amines is 1. The Morgan fingerprint density at radius 3 is 3.00 bits per heavy atom. The van der Waals surface area contributed by atoms with E-state index in [4.69, 9.17) is 11.5 Å². The molecule has 0 radical (unpaired) electrons. The summed E-state index contributed by atoms with van der Waals surface area (Å²) in [5.74, 6) is 0.762. The zero-order valence-electron chi connectivity index (χ0n) is 7.44. The van der Waals surface area contributed by atoms with Gasteiger partial charge in [0.05, 0.1) is 12.4 Å². The van der Waals surface area contributed by atoms with Crippen molar-refractivity contribution < 1.29 is 0 Å². The molecular weight excluding hydrogens is 180 g/mol. The van der Waals surface area contributed by atoms with Gasteiger partial charge >= 0.3 is 0 Å². The molecule has 0 spiro atoms. The van der Waals surface area contributed by atoms with E-state index in [1.165, 1.54) is 6.33 Å². The Hall–Kier alpha value is -1.95. The zero-order chi connectivity index (χ0) is 10.1. The Bertz CT molecular complexity index is 474. The van der Waals surface area contributed by atoms with E-state index in [0.29, 0.717) is 22.8 Å². The van der Waals surface area contributed by atoms with E-state index in [9.17, 15) is 0 Å². The van der Waals surface area contributed by atoms with Crippen molar-refractivity contribution in [3.63, 3.8) is 0 Å². The van der Waals surface area contributed by atoms with Gasteiger partial charge in [-0.05, 0) is 0 Å². The van der Waals surface area contributed by atoms with E-state index in [1.54, 1.807) is 6.08 Å². The lowest BCUT2D eigenvalue weighted by atomic mass is 10.3. The van der Waals surface area contributed by atoms with Gasteiger partial charge in [0.1, 0.15) is 5.52 Å². The minimum atomic E-state index is -0.412. The maximum absolute atomic E-state index is 5.69. The molecule has 0 aliphatic heterocycles. The number of imidazole rings is 1. The van der Waals surface area contributed by atoms with E-state index < -0.39 is 6.04 Å². The van der Waals surface area contributed by atoms with Gasteiger partial charge in [0.25, 0.3) is 0 Å². The van der Waals surface area contributed by atoms with Crippen LogP contribution in [0.15, 0.2) is 19.0 Å². The molecule has 0 saturated heterocycles. The third kappa shape index (κ3) is 1.21. The molecule has 6 heteroatoms. The van der Waals surface area contributed by atoms with Gasteiger partial charge in [0, 0.05) is 0 Å². The summed E-state index contributed by atoms with van der Waals surface area (Å²) in [4.78, 5) is 15.0. The SMILES string of the molecule is C=CC(N)c1nc(N)c2nc[nH]c2n1. The Morgan fingerprint density at radius 2 is 2.29 bits per heavy atom. The highest BCUT2D eigenvalue weighted by molar-refractivity contribution is 5.80. The number of nitrogens with zero attached hydrogens (tertiary/aromatic N) is 3. The normalized spacial score (nSPS) is 12.9. The Morgan fingerprint density at radius 1 is 1.50 bits per heavy atom. The van der Waals surface area contributed by atoms with E-state index in [-0.39, 0.29) is 0 Å². The second kappa shape index (κ2) is 3.08. The average molecular weight is 190 g/mol. The van der Waals surface area contributed by atoms with Crippen molar-refractivity contribution in [3.8, 4) is 0 Å². The number of aromatic nitrogens is 4. The molecule has 0 aromatic carbocycles.